The van der Waals surface area contributed by atoms with Crippen LogP contribution in [0.3, 0.4) is 0 Å². The number of amides is 2. The highest BCUT2D eigenvalue weighted by molar-refractivity contribution is 7.93. The van der Waals surface area contributed by atoms with Crippen LogP contribution < -0.4 is 15.2 Å². The molecule has 0 saturated heterocycles. The van der Waals surface area contributed by atoms with Gasteiger partial charge in [0.2, 0.25) is 0 Å². The Balaban J connectivity index is 1.76. The summed E-state index contributed by atoms with van der Waals surface area (Å²) < 4.78 is 26.5. The van der Waals surface area contributed by atoms with E-state index in [4.69, 9.17) is 0 Å². The molecule has 134 valence electrons. The van der Waals surface area contributed by atoms with Crippen molar-refractivity contribution in [2.75, 3.05) is 10.8 Å². The van der Waals surface area contributed by atoms with E-state index in [1.807, 2.05) is 12.1 Å². The van der Waals surface area contributed by atoms with Crippen LogP contribution in [0.15, 0.2) is 65.6 Å². The molecule has 0 aromatic heterocycles. The van der Waals surface area contributed by atoms with E-state index < -0.39 is 28.4 Å². The van der Waals surface area contributed by atoms with Gasteiger partial charge in [0, 0.05) is 11.5 Å². The molecule has 1 aliphatic heterocycles. The molecule has 0 unspecified atom stereocenters. The Labute approximate surface area is 151 Å². The molecule has 8 heteroatoms. The summed E-state index contributed by atoms with van der Waals surface area (Å²) >= 11 is 0. The van der Waals surface area contributed by atoms with Crippen molar-refractivity contribution >= 4 is 38.3 Å². The third-order valence-corrected chi connectivity index (χ3v) is 5.65. The van der Waals surface area contributed by atoms with Gasteiger partial charge in [-0.3, -0.25) is 24.7 Å². The SMILES string of the molecule is C/C=C/C=C/C(=O)NNC(=O)CN1c2cccc3cccc(c23)S1(=O)=O. The van der Waals surface area contributed by atoms with Crippen LogP contribution in [0.4, 0.5) is 5.69 Å². The summed E-state index contributed by atoms with van der Waals surface area (Å²) in [4.78, 5) is 23.8. The topological polar surface area (TPSA) is 95.6 Å². The highest BCUT2D eigenvalue weighted by atomic mass is 32.2. The van der Waals surface area contributed by atoms with Crippen molar-refractivity contribution in [2.24, 2.45) is 0 Å². The number of nitrogens with zero attached hydrogens (tertiary/aromatic N) is 1. The lowest BCUT2D eigenvalue weighted by Gasteiger charge is -2.18. The van der Waals surface area contributed by atoms with Crippen molar-refractivity contribution in [1.29, 1.82) is 0 Å². The molecular weight excluding hydrogens is 354 g/mol. The molecule has 0 radical (unpaired) electrons. The third kappa shape index (κ3) is 3.18. The van der Waals surface area contributed by atoms with Crippen LogP contribution in [0, 0.1) is 0 Å². The smallest absolute Gasteiger partial charge is 0.265 e. The minimum Gasteiger partial charge on any atom is -0.271 e. The van der Waals surface area contributed by atoms with Gasteiger partial charge in [0.25, 0.3) is 21.8 Å². The van der Waals surface area contributed by atoms with Crippen molar-refractivity contribution in [2.45, 2.75) is 11.8 Å². The average Bonchev–Trinajstić information content (AvgIpc) is 2.84. The van der Waals surface area contributed by atoms with Gasteiger partial charge < -0.3 is 0 Å². The number of hydrogen-bond donors (Lipinski definition) is 2. The average molecular weight is 371 g/mol. The normalized spacial score (nSPS) is 15.0. The van der Waals surface area contributed by atoms with Crippen LogP contribution in [-0.2, 0) is 19.6 Å². The molecule has 1 aliphatic rings. The minimum atomic E-state index is -3.81. The predicted octanol–water partition coefficient (Wildman–Crippen LogP) is 1.63. The second-order valence-electron chi connectivity index (χ2n) is 5.57. The maximum absolute atomic E-state index is 12.8. The number of allylic oxidation sites excluding steroid dienone is 3. The van der Waals surface area contributed by atoms with E-state index in [0.717, 1.165) is 9.69 Å². The van der Waals surface area contributed by atoms with Gasteiger partial charge in [0.15, 0.2) is 0 Å². The summed E-state index contributed by atoms with van der Waals surface area (Å²) in [5.41, 5.74) is 4.87. The fourth-order valence-corrected chi connectivity index (χ4v) is 4.39. The summed E-state index contributed by atoms with van der Waals surface area (Å²) in [6, 6.07) is 10.2. The molecule has 0 atom stereocenters. The van der Waals surface area contributed by atoms with E-state index >= 15 is 0 Å². The first-order chi connectivity index (χ1) is 12.4. The van der Waals surface area contributed by atoms with Gasteiger partial charge in [0.1, 0.15) is 6.54 Å². The fraction of sp³-hybridized carbons (Fsp3) is 0.111. The Hall–Kier alpha value is -3.13. The zero-order valence-electron chi connectivity index (χ0n) is 14.0. The van der Waals surface area contributed by atoms with E-state index in [0.29, 0.717) is 11.1 Å². The number of hydrogen-bond acceptors (Lipinski definition) is 4. The van der Waals surface area contributed by atoms with Crippen molar-refractivity contribution < 1.29 is 18.0 Å². The standard InChI is InChI=1S/C18H17N3O4S/c1-2-3-4-11-16(22)19-20-17(23)12-21-14-9-5-7-13-8-6-10-15(18(13)14)26(21,24)25/h2-11H,12H2,1H3,(H,19,22)(H,20,23)/b3-2+,11-4+. The van der Waals surface area contributed by atoms with E-state index in [2.05, 4.69) is 10.9 Å². The quantitative estimate of drug-likeness (QED) is 0.485. The Morgan fingerprint density at radius 1 is 1.08 bits per heavy atom. The number of nitrogens with one attached hydrogen (secondary N) is 2. The molecule has 0 fully saturated rings. The van der Waals surface area contributed by atoms with Gasteiger partial charge in [-0.15, -0.1) is 0 Å². The van der Waals surface area contributed by atoms with Crippen LogP contribution in [-0.4, -0.2) is 26.8 Å². The fourth-order valence-electron chi connectivity index (χ4n) is 2.73. The zero-order valence-corrected chi connectivity index (χ0v) is 14.8. The van der Waals surface area contributed by atoms with E-state index in [1.165, 1.54) is 18.2 Å². The summed E-state index contributed by atoms with van der Waals surface area (Å²) in [6.07, 6.45) is 6.17. The first kappa shape index (κ1) is 17.7. The lowest BCUT2D eigenvalue weighted by molar-refractivity contribution is -0.125. The molecule has 2 amide bonds. The molecule has 1 heterocycles. The highest BCUT2D eigenvalue weighted by Gasteiger charge is 2.36. The Morgan fingerprint density at radius 3 is 2.54 bits per heavy atom. The monoisotopic (exact) mass is 371 g/mol. The van der Waals surface area contributed by atoms with Crippen LogP contribution in [0.25, 0.3) is 10.8 Å². The van der Waals surface area contributed by atoms with Gasteiger partial charge in [-0.25, -0.2) is 8.42 Å². The molecule has 26 heavy (non-hydrogen) atoms. The third-order valence-electron chi connectivity index (χ3n) is 3.84. The van der Waals surface area contributed by atoms with Crippen LogP contribution in [0.1, 0.15) is 6.92 Å². The molecule has 0 bridgehead atoms. The Morgan fingerprint density at radius 2 is 1.81 bits per heavy atom. The second-order valence-corrected chi connectivity index (χ2v) is 7.40. The molecular formula is C18H17N3O4S. The number of rotatable bonds is 4. The number of carbonyl (C=O) groups is 2. The summed E-state index contributed by atoms with van der Waals surface area (Å²) in [5, 5.41) is 1.38. The van der Waals surface area contributed by atoms with Crippen molar-refractivity contribution in [1.82, 2.24) is 10.9 Å². The maximum atomic E-state index is 12.8. The summed E-state index contributed by atoms with van der Waals surface area (Å²) in [6.45, 7) is 1.37. The largest absolute Gasteiger partial charge is 0.271 e. The van der Waals surface area contributed by atoms with E-state index in [1.54, 1.807) is 37.3 Å². The molecule has 2 aromatic carbocycles. The number of carbonyl (C=O) groups excluding carboxylic acids is 2. The number of benzene rings is 2. The minimum absolute atomic E-state index is 0.178. The lowest BCUT2D eigenvalue weighted by atomic mass is 10.1. The van der Waals surface area contributed by atoms with Crippen molar-refractivity contribution in [3.8, 4) is 0 Å². The van der Waals surface area contributed by atoms with Gasteiger partial charge in [-0.05, 0) is 24.4 Å². The molecule has 0 aliphatic carbocycles. The molecule has 0 spiro atoms. The summed E-state index contributed by atoms with van der Waals surface area (Å²) in [5.74, 6) is -1.17. The molecule has 0 saturated carbocycles. The molecule has 3 rings (SSSR count). The highest BCUT2D eigenvalue weighted by Crippen LogP contribution is 2.41. The van der Waals surface area contributed by atoms with Crippen LogP contribution >= 0.6 is 0 Å². The zero-order chi connectivity index (χ0) is 18.7. The van der Waals surface area contributed by atoms with Crippen LogP contribution in [0.2, 0.25) is 0 Å². The van der Waals surface area contributed by atoms with E-state index in [-0.39, 0.29) is 4.90 Å². The van der Waals surface area contributed by atoms with Crippen LogP contribution in [0.5, 0.6) is 0 Å². The first-order valence-corrected chi connectivity index (χ1v) is 9.32. The molecule has 2 aromatic rings. The lowest BCUT2D eigenvalue weighted by Crippen LogP contribution is -2.46. The number of sulfonamides is 1. The first-order valence-electron chi connectivity index (χ1n) is 7.88. The van der Waals surface area contributed by atoms with Gasteiger partial charge in [-0.1, -0.05) is 42.5 Å². The Kier molecular flexibility index (Phi) is 4.77. The summed E-state index contributed by atoms with van der Waals surface area (Å²) in [7, 11) is -3.81. The molecule has 7 nitrogen and oxygen atoms in total. The number of anilines is 1. The van der Waals surface area contributed by atoms with Crippen molar-refractivity contribution in [3.63, 3.8) is 0 Å². The number of hydrazine groups is 1. The van der Waals surface area contributed by atoms with Crippen molar-refractivity contribution in [3.05, 3.63) is 60.7 Å². The van der Waals surface area contributed by atoms with Gasteiger partial charge in [0.05, 0.1) is 10.6 Å². The molecule has 2 N–H and O–H groups in total. The maximum Gasteiger partial charge on any atom is 0.265 e. The Bertz CT molecular complexity index is 1040. The second kappa shape index (κ2) is 7.01. The predicted molar refractivity (Wildman–Crippen MR) is 98.7 cm³/mol. The van der Waals surface area contributed by atoms with E-state index in [9.17, 15) is 18.0 Å². The van der Waals surface area contributed by atoms with Gasteiger partial charge >= 0.3 is 0 Å². The van der Waals surface area contributed by atoms with Gasteiger partial charge in [-0.2, -0.15) is 0 Å².